The number of likely N-dealkylation sites (tertiary alicyclic amines) is 1. The van der Waals surface area contributed by atoms with Crippen LogP contribution in [0.25, 0.3) is 0 Å². The van der Waals surface area contributed by atoms with Crippen molar-refractivity contribution in [2.45, 2.75) is 19.0 Å². The maximum Gasteiger partial charge on any atom is 0.445 e. The van der Waals surface area contributed by atoms with Gasteiger partial charge in [0.05, 0.1) is 0 Å². The number of amides is 1. The van der Waals surface area contributed by atoms with E-state index in [1.807, 2.05) is 0 Å². The summed E-state index contributed by atoms with van der Waals surface area (Å²) in [5.41, 5.74) is 0. The third kappa shape index (κ3) is 3.34. The van der Waals surface area contributed by atoms with Gasteiger partial charge in [-0.15, -0.1) is 10.2 Å². The predicted octanol–water partition coefficient (Wildman–Crippen LogP) is 1.62. The number of anilines is 1. The molecule has 0 N–H and O–H groups in total. The van der Waals surface area contributed by atoms with E-state index < -0.39 is 11.2 Å². The van der Waals surface area contributed by atoms with Crippen LogP contribution in [0.1, 0.15) is 17.8 Å². The Bertz CT molecular complexity index is 462. The standard InChI is InChI=1S/C10H13F3N4OS/c1-16(5-6-17-4-2-3-7(17)18)9-15-14-8(19-9)10(11,12)13/h2-6H2,1H3. The minimum absolute atomic E-state index is 0.0987. The lowest BCUT2D eigenvalue weighted by molar-refractivity contribution is -0.138. The maximum atomic E-state index is 12.4. The average Bonchev–Trinajstić information content (AvgIpc) is 2.93. The Hall–Kier alpha value is -1.38. The summed E-state index contributed by atoms with van der Waals surface area (Å²) in [6, 6.07) is 0. The van der Waals surface area contributed by atoms with E-state index >= 15 is 0 Å². The van der Waals surface area contributed by atoms with E-state index in [4.69, 9.17) is 0 Å². The monoisotopic (exact) mass is 294 g/mol. The molecule has 1 aromatic rings. The van der Waals surface area contributed by atoms with Gasteiger partial charge in [0.2, 0.25) is 16.0 Å². The summed E-state index contributed by atoms with van der Waals surface area (Å²) >= 11 is 0.506. The first-order valence-electron chi connectivity index (χ1n) is 5.77. The van der Waals surface area contributed by atoms with Gasteiger partial charge in [0.25, 0.3) is 0 Å². The summed E-state index contributed by atoms with van der Waals surface area (Å²) in [7, 11) is 1.64. The Balaban J connectivity index is 1.91. The molecule has 1 fully saturated rings. The van der Waals surface area contributed by atoms with E-state index in [0.717, 1.165) is 13.0 Å². The zero-order chi connectivity index (χ0) is 14.0. The van der Waals surface area contributed by atoms with Crippen molar-refractivity contribution < 1.29 is 18.0 Å². The Labute approximate surface area is 112 Å². The number of nitrogens with zero attached hydrogens (tertiary/aromatic N) is 4. The molecule has 0 aromatic carbocycles. The molecule has 1 amide bonds. The summed E-state index contributed by atoms with van der Waals surface area (Å²) in [5.74, 6) is 0.0987. The molecule has 0 spiro atoms. The van der Waals surface area contributed by atoms with Crippen molar-refractivity contribution in [1.29, 1.82) is 0 Å². The summed E-state index contributed by atoms with van der Waals surface area (Å²) in [6.45, 7) is 1.66. The summed E-state index contributed by atoms with van der Waals surface area (Å²) in [5, 5.41) is 5.90. The second-order valence-corrected chi connectivity index (χ2v) is 5.25. The van der Waals surface area contributed by atoms with Gasteiger partial charge in [-0.3, -0.25) is 4.79 Å². The van der Waals surface area contributed by atoms with Gasteiger partial charge in [-0.05, 0) is 6.42 Å². The molecular weight excluding hydrogens is 281 g/mol. The molecule has 0 radical (unpaired) electrons. The average molecular weight is 294 g/mol. The Kier molecular flexibility index (Phi) is 3.93. The van der Waals surface area contributed by atoms with E-state index in [1.165, 1.54) is 0 Å². The molecule has 0 atom stereocenters. The zero-order valence-corrected chi connectivity index (χ0v) is 11.1. The molecule has 0 unspecified atom stereocenters. The SMILES string of the molecule is CN(CCN1CCCC1=O)c1nnc(C(F)(F)F)s1. The van der Waals surface area contributed by atoms with Crippen molar-refractivity contribution in [3.63, 3.8) is 0 Å². The van der Waals surface area contributed by atoms with Crippen LogP contribution in [-0.4, -0.2) is 47.7 Å². The molecule has 19 heavy (non-hydrogen) atoms. The van der Waals surface area contributed by atoms with Crippen LogP contribution < -0.4 is 4.90 Å². The fourth-order valence-electron chi connectivity index (χ4n) is 1.79. The number of hydrogen-bond acceptors (Lipinski definition) is 5. The fourth-order valence-corrected chi connectivity index (χ4v) is 2.49. The van der Waals surface area contributed by atoms with E-state index in [1.54, 1.807) is 16.8 Å². The molecule has 1 saturated heterocycles. The van der Waals surface area contributed by atoms with Gasteiger partial charge in [0.1, 0.15) is 0 Å². The van der Waals surface area contributed by atoms with Crippen molar-refractivity contribution in [2.75, 3.05) is 31.6 Å². The highest BCUT2D eigenvalue weighted by Gasteiger charge is 2.36. The number of rotatable bonds is 4. The van der Waals surface area contributed by atoms with Crippen molar-refractivity contribution in [3.05, 3.63) is 5.01 Å². The first kappa shape index (κ1) is 14.0. The normalized spacial score (nSPS) is 16.2. The molecule has 106 valence electrons. The van der Waals surface area contributed by atoms with E-state index in [0.29, 0.717) is 30.8 Å². The van der Waals surface area contributed by atoms with Gasteiger partial charge >= 0.3 is 6.18 Å². The number of hydrogen-bond donors (Lipinski definition) is 0. The number of halogens is 3. The summed E-state index contributed by atoms with van der Waals surface area (Å²) in [4.78, 5) is 14.7. The molecule has 0 aliphatic carbocycles. The molecule has 1 aromatic heterocycles. The fraction of sp³-hybridized carbons (Fsp3) is 0.700. The molecule has 1 aliphatic heterocycles. The molecule has 2 heterocycles. The van der Waals surface area contributed by atoms with Crippen LogP contribution in [0.5, 0.6) is 0 Å². The molecule has 5 nitrogen and oxygen atoms in total. The van der Waals surface area contributed by atoms with Gasteiger partial charge in [-0.25, -0.2) is 0 Å². The maximum absolute atomic E-state index is 12.4. The molecule has 1 aliphatic rings. The minimum atomic E-state index is -4.46. The molecule has 0 saturated carbocycles. The highest BCUT2D eigenvalue weighted by atomic mass is 32.1. The van der Waals surface area contributed by atoms with Crippen LogP contribution >= 0.6 is 11.3 Å². The highest BCUT2D eigenvalue weighted by Crippen LogP contribution is 2.33. The second-order valence-electron chi connectivity index (χ2n) is 4.29. The predicted molar refractivity (Wildman–Crippen MR) is 64.0 cm³/mol. The van der Waals surface area contributed by atoms with Crippen LogP contribution in [0.3, 0.4) is 0 Å². The third-order valence-corrected chi connectivity index (χ3v) is 3.94. The van der Waals surface area contributed by atoms with Crippen molar-refractivity contribution in [1.82, 2.24) is 15.1 Å². The van der Waals surface area contributed by atoms with Crippen molar-refractivity contribution in [2.24, 2.45) is 0 Å². The van der Waals surface area contributed by atoms with E-state index in [2.05, 4.69) is 10.2 Å². The first-order chi connectivity index (χ1) is 8.88. The van der Waals surface area contributed by atoms with Crippen molar-refractivity contribution in [3.8, 4) is 0 Å². The van der Waals surface area contributed by atoms with Crippen LogP contribution in [-0.2, 0) is 11.0 Å². The number of carbonyl (C=O) groups excluding carboxylic acids is 1. The molecule has 9 heteroatoms. The van der Waals surface area contributed by atoms with Crippen molar-refractivity contribution >= 4 is 22.4 Å². The van der Waals surface area contributed by atoms with E-state index in [-0.39, 0.29) is 11.0 Å². The third-order valence-electron chi connectivity index (χ3n) is 2.86. The van der Waals surface area contributed by atoms with Gasteiger partial charge < -0.3 is 9.80 Å². The number of aromatic nitrogens is 2. The quantitative estimate of drug-likeness (QED) is 0.846. The van der Waals surface area contributed by atoms with Gasteiger partial charge in [0.15, 0.2) is 0 Å². The van der Waals surface area contributed by atoms with Crippen LogP contribution in [0, 0.1) is 0 Å². The second kappa shape index (κ2) is 5.32. The van der Waals surface area contributed by atoms with E-state index in [9.17, 15) is 18.0 Å². The highest BCUT2D eigenvalue weighted by molar-refractivity contribution is 7.15. The number of likely N-dealkylation sites (N-methyl/N-ethyl adjacent to an activating group) is 1. The molecule has 2 rings (SSSR count). The number of alkyl halides is 3. The minimum Gasteiger partial charge on any atom is -0.348 e. The lowest BCUT2D eigenvalue weighted by Crippen LogP contribution is -2.33. The summed E-state index contributed by atoms with van der Waals surface area (Å²) < 4.78 is 37.2. The van der Waals surface area contributed by atoms with Gasteiger partial charge in [0, 0.05) is 33.1 Å². The lowest BCUT2D eigenvalue weighted by atomic mass is 10.4. The first-order valence-corrected chi connectivity index (χ1v) is 6.59. The Morgan fingerprint density at radius 1 is 1.42 bits per heavy atom. The van der Waals surface area contributed by atoms with Crippen LogP contribution in [0.15, 0.2) is 0 Å². The number of carbonyl (C=O) groups is 1. The Morgan fingerprint density at radius 2 is 2.16 bits per heavy atom. The molecule has 0 bridgehead atoms. The van der Waals surface area contributed by atoms with Gasteiger partial charge in [-0.2, -0.15) is 13.2 Å². The largest absolute Gasteiger partial charge is 0.445 e. The smallest absolute Gasteiger partial charge is 0.348 e. The topological polar surface area (TPSA) is 49.3 Å². The zero-order valence-electron chi connectivity index (χ0n) is 10.3. The Morgan fingerprint density at radius 3 is 2.68 bits per heavy atom. The van der Waals surface area contributed by atoms with Gasteiger partial charge in [-0.1, -0.05) is 11.3 Å². The summed E-state index contributed by atoms with van der Waals surface area (Å²) in [6.07, 6.45) is -3.05. The molecular formula is C10H13F3N4OS. The van der Waals surface area contributed by atoms with Crippen LogP contribution in [0.2, 0.25) is 0 Å². The lowest BCUT2D eigenvalue weighted by Gasteiger charge is -2.20. The van der Waals surface area contributed by atoms with Crippen LogP contribution in [0.4, 0.5) is 18.3 Å².